The summed E-state index contributed by atoms with van der Waals surface area (Å²) >= 11 is 0. The quantitative estimate of drug-likeness (QED) is 0.505. The summed E-state index contributed by atoms with van der Waals surface area (Å²) in [6.07, 6.45) is 6.49. The van der Waals surface area contributed by atoms with Crippen LogP contribution in [0.3, 0.4) is 0 Å². The van der Waals surface area contributed by atoms with Gasteiger partial charge in [0.15, 0.2) is 0 Å². The van der Waals surface area contributed by atoms with Gasteiger partial charge in [0.1, 0.15) is 0 Å². The van der Waals surface area contributed by atoms with Gasteiger partial charge in [0.2, 0.25) is 0 Å². The highest BCUT2D eigenvalue weighted by molar-refractivity contribution is 5.67. The van der Waals surface area contributed by atoms with Gasteiger partial charge in [-0.25, -0.2) is 0 Å². The number of carbonyl (C=O) groups is 2. The Balaban J connectivity index is 0. The summed E-state index contributed by atoms with van der Waals surface area (Å²) in [5.74, 6) is -1.74. The van der Waals surface area contributed by atoms with Crippen LogP contribution in [0.5, 0.6) is 0 Å². The predicted octanol–water partition coefficient (Wildman–Crippen LogP) is 2.89. The summed E-state index contributed by atoms with van der Waals surface area (Å²) in [6.45, 7) is 6.72. The van der Waals surface area contributed by atoms with Crippen LogP contribution in [0.1, 0.15) is 65.2 Å². The molecule has 0 aliphatic heterocycles. The van der Waals surface area contributed by atoms with Gasteiger partial charge in [-0.3, -0.25) is 9.59 Å². The van der Waals surface area contributed by atoms with Gasteiger partial charge in [0, 0.05) is 12.8 Å². The van der Waals surface area contributed by atoms with E-state index in [2.05, 4.69) is 19.2 Å². The molecule has 0 bridgehead atoms. The van der Waals surface area contributed by atoms with Crippen molar-refractivity contribution in [3.63, 3.8) is 0 Å². The number of aliphatic carboxylic acids is 2. The highest BCUT2D eigenvalue weighted by atomic mass is 16.4. The van der Waals surface area contributed by atoms with Crippen LogP contribution in [0.4, 0.5) is 0 Å². The fourth-order valence-electron chi connectivity index (χ4n) is 1.41. The first kappa shape index (κ1) is 20.2. The second-order valence-corrected chi connectivity index (χ2v) is 4.41. The van der Waals surface area contributed by atoms with E-state index in [9.17, 15) is 9.59 Å². The number of hydrogen-bond acceptors (Lipinski definition) is 3. The Hall–Kier alpha value is -1.10. The SMILES string of the molecule is CCCCCCNCC.O=C(O)CCCCC(=O)O. The zero-order chi connectivity index (χ0) is 14.9. The van der Waals surface area contributed by atoms with Crippen LogP contribution in [0.2, 0.25) is 0 Å². The molecule has 0 saturated carbocycles. The van der Waals surface area contributed by atoms with Gasteiger partial charge in [0.05, 0.1) is 0 Å². The minimum absolute atomic E-state index is 0.0628. The maximum atomic E-state index is 9.90. The number of rotatable bonds is 11. The standard InChI is InChI=1S/C8H19N.C6H10O4/c1-3-5-6-7-8-9-4-2;7-5(8)3-1-2-4-6(9)10/h9H,3-8H2,1-2H3;1-4H2,(H,7,8)(H,9,10). The summed E-state index contributed by atoms with van der Waals surface area (Å²) in [5.41, 5.74) is 0. The van der Waals surface area contributed by atoms with Crippen molar-refractivity contribution in [2.24, 2.45) is 0 Å². The van der Waals surface area contributed by atoms with Crippen LogP contribution in [0.15, 0.2) is 0 Å². The van der Waals surface area contributed by atoms with E-state index in [1.807, 2.05) is 0 Å². The number of carboxylic acids is 2. The molecular formula is C14H29NO4. The molecule has 0 unspecified atom stereocenters. The molecule has 5 heteroatoms. The molecule has 0 aliphatic rings. The normalized spacial score (nSPS) is 9.58. The van der Waals surface area contributed by atoms with Gasteiger partial charge < -0.3 is 15.5 Å². The van der Waals surface area contributed by atoms with Crippen molar-refractivity contribution in [2.75, 3.05) is 13.1 Å². The van der Waals surface area contributed by atoms with E-state index in [-0.39, 0.29) is 12.8 Å². The molecule has 5 nitrogen and oxygen atoms in total. The smallest absolute Gasteiger partial charge is 0.303 e. The fraction of sp³-hybridized carbons (Fsp3) is 0.857. The Bertz CT molecular complexity index is 197. The van der Waals surface area contributed by atoms with Crippen LogP contribution in [-0.4, -0.2) is 35.2 Å². The average Bonchev–Trinajstić information content (AvgIpc) is 2.35. The van der Waals surface area contributed by atoms with E-state index in [1.54, 1.807) is 0 Å². The van der Waals surface area contributed by atoms with Gasteiger partial charge in [-0.2, -0.15) is 0 Å². The highest BCUT2D eigenvalue weighted by Gasteiger charge is 1.99. The minimum Gasteiger partial charge on any atom is -0.481 e. The first-order valence-electron chi connectivity index (χ1n) is 7.18. The van der Waals surface area contributed by atoms with E-state index < -0.39 is 11.9 Å². The monoisotopic (exact) mass is 275 g/mol. The molecule has 19 heavy (non-hydrogen) atoms. The zero-order valence-corrected chi connectivity index (χ0v) is 12.3. The molecule has 0 amide bonds. The van der Waals surface area contributed by atoms with Crippen LogP contribution in [0, 0.1) is 0 Å². The van der Waals surface area contributed by atoms with Gasteiger partial charge in [-0.05, 0) is 32.4 Å². The Morgan fingerprint density at radius 2 is 1.37 bits per heavy atom. The second-order valence-electron chi connectivity index (χ2n) is 4.41. The largest absolute Gasteiger partial charge is 0.481 e. The molecular weight excluding hydrogens is 246 g/mol. The molecule has 114 valence electrons. The molecule has 0 rings (SSSR count). The third-order valence-corrected chi connectivity index (χ3v) is 2.49. The van der Waals surface area contributed by atoms with Crippen LogP contribution in [-0.2, 0) is 9.59 Å². The van der Waals surface area contributed by atoms with E-state index in [0.29, 0.717) is 12.8 Å². The fourth-order valence-corrected chi connectivity index (χ4v) is 1.41. The van der Waals surface area contributed by atoms with Crippen molar-refractivity contribution in [3.05, 3.63) is 0 Å². The Morgan fingerprint density at radius 1 is 0.842 bits per heavy atom. The molecule has 0 aromatic rings. The van der Waals surface area contributed by atoms with Crippen LogP contribution in [0.25, 0.3) is 0 Å². The van der Waals surface area contributed by atoms with Crippen molar-refractivity contribution in [1.29, 1.82) is 0 Å². The van der Waals surface area contributed by atoms with Gasteiger partial charge in [-0.1, -0.05) is 33.1 Å². The molecule has 0 aromatic carbocycles. The first-order valence-corrected chi connectivity index (χ1v) is 7.18. The topological polar surface area (TPSA) is 86.6 Å². The maximum absolute atomic E-state index is 9.90. The summed E-state index contributed by atoms with van der Waals surface area (Å²) in [5, 5.41) is 19.6. The first-order chi connectivity index (χ1) is 9.04. The van der Waals surface area contributed by atoms with Gasteiger partial charge in [-0.15, -0.1) is 0 Å². The molecule has 0 fully saturated rings. The molecule has 0 aromatic heterocycles. The number of carboxylic acid groups (broad SMARTS) is 2. The third-order valence-electron chi connectivity index (χ3n) is 2.49. The summed E-state index contributed by atoms with van der Waals surface area (Å²) in [4.78, 5) is 19.8. The molecule has 0 heterocycles. The van der Waals surface area contributed by atoms with Crippen molar-refractivity contribution in [3.8, 4) is 0 Å². The lowest BCUT2D eigenvalue weighted by atomic mass is 10.2. The van der Waals surface area contributed by atoms with E-state index in [0.717, 1.165) is 6.54 Å². The molecule has 0 radical (unpaired) electrons. The van der Waals surface area contributed by atoms with Crippen molar-refractivity contribution < 1.29 is 19.8 Å². The Morgan fingerprint density at radius 3 is 1.74 bits per heavy atom. The molecule has 3 N–H and O–H groups in total. The van der Waals surface area contributed by atoms with Gasteiger partial charge in [0.25, 0.3) is 0 Å². The number of unbranched alkanes of at least 4 members (excludes halogenated alkanes) is 4. The average molecular weight is 275 g/mol. The van der Waals surface area contributed by atoms with Crippen LogP contribution >= 0.6 is 0 Å². The lowest BCUT2D eigenvalue weighted by molar-refractivity contribution is -0.139. The Labute approximate surface area is 116 Å². The second kappa shape index (κ2) is 16.9. The zero-order valence-electron chi connectivity index (χ0n) is 12.3. The van der Waals surface area contributed by atoms with Crippen molar-refractivity contribution in [1.82, 2.24) is 5.32 Å². The summed E-state index contributed by atoms with van der Waals surface area (Å²) in [7, 11) is 0. The summed E-state index contributed by atoms with van der Waals surface area (Å²) in [6, 6.07) is 0. The lowest BCUT2D eigenvalue weighted by Crippen LogP contribution is -2.13. The Kier molecular flexibility index (Phi) is 18.0. The number of nitrogens with one attached hydrogen (secondary N) is 1. The van der Waals surface area contributed by atoms with Crippen molar-refractivity contribution in [2.45, 2.75) is 65.2 Å². The van der Waals surface area contributed by atoms with Crippen LogP contribution < -0.4 is 5.32 Å². The summed E-state index contributed by atoms with van der Waals surface area (Å²) < 4.78 is 0. The highest BCUT2D eigenvalue weighted by Crippen LogP contribution is 1.98. The van der Waals surface area contributed by atoms with E-state index in [1.165, 1.54) is 32.2 Å². The molecule has 0 atom stereocenters. The van der Waals surface area contributed by atoms with Crippen molar-refractivity contribution >= 4 is 11.9 Å². The minimum atomic E-state index is -0.870. The lowest BCUT2D eigenvalue weighted by Gasteiger charge is -1.98. The third kappa shape index (κ3) is 26.5. The molecule has 0 saturated heterocycles. The van der Waals surface area contributed by atoms with E-state index >= 15 is 0 Å². The molecule has 0 spiro atoms. The number of hydrogen-bond donors (Lipinski definition) is 3. The van der Waals surface area contributed by atoms with E-state index in [4.69, 9.17) is 10.2 Å². The predicted molar refractivity (Wildman–Crippen MR) is 76.4 cm³/mol. The van der Waals surface area contributed by atoms with Gasteiger partial charge >= 0.3 is 11.9 Å². The molecule has 0 aliphatic carbocycles. The maximum Gasteiger partial charge on any atom is 0.303 e.